The first-order chi connectivity index (χ1) is 14.6. The van der Waals surface area contributed by atoms with Crippen molar-refractivity contribution in [1.29, 1.82) is 5.26 Å². The van der Waals surface area contributed by atoms with E-state index < -0.39 is 5.97 Å². The Morgan fingerprint density at radius 2 is 1.63 bits per heavy atom. The van der Waals surface area contributed by atoms with E-state index in [0.29, 0.717) is 16.9 Å². The molecule has 6 heteroatoms. The minimum Gasteiger partial charge on any atom is -0.452 e. The molecule has 0 aromatic heterocycles. The van der Waals surface area contributed by atoms with Gasteiger partial charge in [0, 0.05) is 23.4 Å². The van der Waals surface area contributed by atoms with Gasteiger partial charge in [-0.05, 0) is 42.0 Å². The van der Waals surface area contributed by atoms with Crippen LogP contribution in [-0.4, -0.2) is 25.5 Å². The third kappa shape index (κ3) is 5.49. The Kier molecular flexibility index (Phi) is 7.25. The van der Waals surface area contributed by atoms with Crippen LogP contribution in [0.3, 0.4) is 0 Å². The fraction of sp³-hybridized carbons (Fsp3) is 0.125. The zero-order valence-corrected chi connectivity index (χ0v) is 17.3. The molecule has 0 unspecified atom stereocenters. The van der Waals surface area contributed by atoms with Crippen LogP contribution >= 0.6 is 11.8 Å². The van der Waals surface area contributed by atoms with Crippen LogP contribution in [0.5, 0.6) is 0 Å². The number of para-hydroxylation sites is 1. The van der Waals surface area contributed by atoms with Crippen molar-refractivity contribution in [1.82, 2.24) is 0 Å². The molecular formula is C24H20N2O3S. The number of hydrogen-bond donors (Lipinski definition) is 0. The van der Waals surface area contributed by atoms with Crippen molar-refractivity contribution >= 4 is 29.3 Å². The maximum Gasteiger partial charge on any atom is 0.339 e. The second-order valence-electron chi connectivity index (χ2n) is 6.46. The van der Waals surface area contributed by atoms with E-state index in [2.05, 4.69) is 6.07 Å². The Bertz CT molecular complexity index is 1060. The first kappa shape index (κ1) is 21.2. The maximum absolute atomic E-state index is 12.6. The summed E-state index contributed by atoms with van der Waals surface area (Å²) in [6.45, 7) is -0.334. The molecular weight excluding hydrogens is 396 g/mol. The summed E-state index contributed by atoms with van der Waals surface area (Å²) in [6.07, 6.45) is 0. The van der Waals surface area contributed by atoms with Gasteiger partial charge in [-0.15, -0.1) is 11.8 Å². The number of nitrogens with zero attached hydrogens (tertiary/aromatic N) is 2. The number of rotatable bonds is 7. The maximum atomic E-state index is 12.6. The van der Waals surface area contributed by atoms with Gasteiger partial charge in [-0.2, -0.15) is 5.26 Å². The number of carbonyl (C=O) groups is 2. The molecule has 0 saturated heterocycles. The lowest BCUT2D eigenvalue weighted by Crippen LogP contribution is -2.31. The van der Waals surface area contributed by atoms with Crippen molar-refractivity contribution in [3.05, 3.63) is 95.6 Å². The van der Waals surface area contributed by atoms with E-state index in [1.54, 1.807) is 31.3 Å². The highest BCUT2D eigenvalue weighted by molar-refractivity contribution is 7.98. The largest absolute Gasteiger partial charge is 0.452 e. The van der Waals surface area contributed by atoms with Crippen LogP contribution in [0.4, 0.5) is 5.69 Å². The van der Waals surface area contributed by atoms with Crippen LogP contribution in [0.15, 0.2) is 83.8 Å². The van der Waals surface area contributed by atoms with Crippen molar-refractivity contribution in [3.63, 3.8) is 0 Å². The fourth-order valence-electron chi connectivity index (χ4n) is 2.70. The Balaban J connectivity index is 1.60. The molecule has 5 nitrogen and oxygen atoms in total. The standard InChI is InChI=1S/C24H20N2O3S/c1-26(20-7-3-2-4-8-20)23(27)16-29-24(28)21-9-5-6-10-22(21)30-17-19-13-11-18(15-25)12-14-19/h2-14H,16-17H2,1H3. The second kappa shape index (κ2) is 10.3. The smallest absolute Gasteiger partial charge is 0.339 e. The molecule has 0 saturated carbocycles. The monoisotopic (exact) mass is 416 g/mol. The Morgan fingerprint density at radius 1 is 0.967 bits per heavy atom. The van der Waals surface area contributed by atoms with Crippen molar-refractivity contribution in [2.75, 3.05) is 18.6 Å². The third-order valence-corrected chi connectivity index (χ3v) is 5.57. The van der Waals surface area contributed by atoms with E-state index in [9.17, 15) is 9.59 Å². The van der Waals surface area contributed by atoms with E-state index in [0.717, 1.165) is 16.1 Å². The molecule has 0 radical (unpaired) electrons. The summed E-state index contributed by atoms with van der Waals surface area (Å²) in [6, 6.07) is 25.8. The molecule has 0 aliphatic rings. The number of thioether (sulfide) groups is 1. The van der Waals surface area contributed by atoms with Crippen LogP contribution in [0, 0.1) is 11.3 Å². The Morgan fingerprint density at radius 3 is 2.33 bits per heavy atom. The molecule has 0 N–H and O–H groups in total. The Labute approximate surface area is 179 Å². The molecule has 3 aromatic rings. The summed E-state index contributed by atoms with van der Waals surface area (Å²) in [7, 11) is 1.65. The van der Waals surface area contributed by atoms with Crippen molar-refractivity contribution in [2.45, 2.75) is 10.6 Å². The molecule has 150 valence electrons. The molecule has 0 aliphatic carbocycles. The average molecular weight is 417 g/mol. The minimum absolute atomic E-state index is 0.308. The fourth-order valence-corrected chi connectivity index (χ4v) is 3.69. The lowest BCUT2D eigenvalue weighted by atomic mass is 10.2. The summed E-state index contributed by atoms with van der Waals surface area (Å²) in [5.41, 5.74) is 2.81. The zero-order valence-electron chi connectivity index (χ0n) is 16.4. The molecule has 0 heterocycles. The molecule has 0 aliphatic heterocycles. The molecule has 30 heavy (non-hydrogen) atoms. The van der Waals surface area contributed by atoms with Gasteiger partial charge in [0.2, 0.25) is 0 Å². The number of hydrogen-bond acceptors (Lipinski definition) is 5. The number of likely N-dealkylation sites (N-methyl/N-ethyl adjacent to an activating group) is 1. The van der Waals surface area contributed by atoms with E-state index in [1.165, 1.54) is 16.7 Å². The average Bonchev–Trinajstić information content (AvgIpc) is 2.81. The molecule has 0 bridgehead atoms. The lowest BCUT2D eigenvalue weighted by molar-refractivity contribution is -0.121. The normalized spacial score (nSPS) is 10.1. The van der Waals surface area contributed by atoms with E-state index in [1.807, 2.05) is 54.6 Å². The summed E-state index contributed by atoms with van der Waals surface area (Å²) >= 11 is 1.50. The molecule has 0 atom stereocenters. The predicted octanol–water partition coefficient (Wildman–Crippen LogP) is 4.67. The van der Waals surface area contributed by atoms with E-state index in [-0.39, 0.29) is 12.5 Å². The highest BCUT2D eigenvalue weighted by atomic mass is 32.2. The number of ether oxygens (including phenoxy) is 1. The van der Waals surface area contributed by atoms with Crippen LogP contribution in [-0.2, 0) is 15.3 Å². The highest BCUT2D eigenvalue weighted by Gasteiger charge is 2.17. The highest BCUT2D eigenvalue weighted by Crippen LogP contribution is 2.27. The third-order valence-electron chi connectivity index (χ3n) is 4.43. The van der Waals surface area contributed by atoms with Gasteiger partial charge in [0.1, 0.15) is 0 Å². The van der Waals surface area contributed by atoms with Gasteiger partial charge in [-0.1, -0.05) is 42.5 Å². The van der Waals surface area contributed by atoms with Crippen molar-refractivity contribution in [3.8, 4) is 6.07 Å². The number of amides is 1. The number of anilines is 1. The molecule has 3 rings (SSSR count). The van der Waals surface area contributed by atoms with Crippen LogP contribution < -0.4 is 4.90 Å². The first-order valence-corrected chi connectivity index (χ1v) is 10.3. The van der Waals surface area contributed by atoms with Gasteiger partial charge >= 0.3 is 5.97 Å². The van der Waals surface area contributed by atoms with Gasteiger partial charge in [-0.25, -0.2) is 4.79 Å². The first-order valence-electron chi connectivity index (χ1n) is 9.28. The topological polar surface area (TPSA) is 70.4 Å². The van der Waals surface area contributed by atoms with Gasteiger partial charge in [-0.3, -0.25) is 4.79 Å². The lowest BCUT2D eigenvalue weighted by Gasteiger charge is -2.17. The summed E-state index contributed by atoms with van der Waals surface area (Å²) in [4.78, 5) is 27.2. The molecule has 3 aromatic carbocycles. The number of benzene rings is 3. The minimum atomic E-state index is -0.534. The zero-order chi connectivity index (χ0) is 21.3. The summed E-state index contributed by atoms with van der Waals surface area (Å²) in [5.74, 6) is -0.198. The van der Waals surface area contributed by atoms with Gasteiger partial charge < -0.3 is 9.64 Å². The number of nitriles is 1. The van der Waals surface area contributed by atoms with Gasteiger partial charge in [0.05, 0.1) is 17.2 Å². The van der Waals surface area contributed by atoms with Gasteiger partial charge in [0.25, 0.3) is 5.91 Å². The predicted molar refractivity (Wildman–Crippen MR) is 117 cm³/mol. The van der Waals surface area contributed by atoms with E-state index in [4.69, 9.17) is 10.00 Å². The molecule has 0 spiro atoms. The van der Waals surface area contributed by atoms with Gasteiger partial charge in [0.15, 0.2) is 6.61 Å². The van der Waals surface area contributed by atoms with Crippen molar-refractivity contribution < 1.29 is 14.3 Å². The Hall–Kier alpha value is -3.56. The second-order valence-corrected chi connectivity index (χ2v) is 7.48. The number of carbonyl (C=O) groups excluding carboxylic acids is 2. The molecule has 0 fully saturated rings. The van der Waals surface area contributed by atoms with Crippen LogP contribution in [0.1, 0.15) is 21.5 Å². The molecule has 1 amide bonds. The van der Waals surface area contributed by atoms with Crippen molar-refractivity contribution in [2.24, 2.45) is 0 Å². The van der Waals surface area contributed by atoms with Crippen LogP contribution in [0.2, 0.25) is 0 Å². The summed E-state index contributed by atoms with van der Waals surface area (Å²) in [5, 5.41) is 8.89. The number of esters is 1. The van der Waals surface area contributed by atoms with Crippen LogP contribution in [0.25, 0.3) is 0 Å². The quantitative estimate of drug-likeness (QED) is 0.413. The van der Waals surface area contributed by atoms with E-state index >= 15 is 0 Å². The SMILES string of the molecule is CN(C(=O)COC(=O)c1ccccc1SCc1ccc(C#N)cc1)c1ccccc1. The summed E-state index contributed by atoms with van der Waals surface area (Å²) < 4.78 is 5.28.